The number of sulfone groups is 1. The van der Waals surface area contributed by atoms with E-state index in [4.69, 9.17) is 5.73 Å². The summed E-state index contributed by atoms with van der Waals surface area (Å²) in [4.78, 5) is 4.41. The first-order valence-corrected chi connectivity index (χ1v) is 7.81. The molecule has 0 bridgehead atoms. The fourth-order valence-corrected chi connectivity index (χ4v) is 2.51. The lowest BCUT2D eigenvalue weighted by Gasteiger charge is -2.11. The van der Waals surface area contributed by atoms with Crippen LogP contribution in [-0.2, 0) is 16.4 Å². The Bertz CT molecular complexity index is 657. The second kappa shape index (κ2) is 5.14. The molecular weight excluding hydrogens is 262 g/mol. The first-order chi connectivity index (χ1) is 8.88. The van der Waals surface area contributed by atoms with E-state index in [2.05, 4.69) is 4.98 Å². The molecule has 0 aliphatic rings. The molecule has 0 saturated carbocycles. The minimum Gasteiger partial charge on any atom is -0.329 e. The van der Waals surface area contributed by atoms with Gasteiger partial charge in [-0.1, -0.05) is 12.1 Å². The van der Waals surface area contributed by atoms with Gasteiger partial charge in [-0.05, 0) is 24.6 Å². The van der Waals surface area contributed by atoms with Crippen LogP contribution in [0.25, 0.3) is 0 Å². The monoisotopic (exact) mass is 279 g/mol. The first-order valence-electron chi connectivity index (χ1n) is 5.92. The van der Waals surface area contributed by atoms with Gasteiger partial charge in [-0.3, -0.25) is 0 Å². The summed E-state index contributed by atoms with van der Waals surface area (Å²) in [6.07, 6.45) is 4.67. The highest BCUT2D eigenvalue weighted by atomic mass is 32.2. The highest BCUT2D eigenvalue weighted by molar-refractivity contribution is 7.90. The molecule has 2 N–H and O–H groups in total. The zero-order chi connectivity index (χ0) is 14.0. The highest BCUT2D eigenvalue weighted by Crippen LogP contribution is 2.14. The van der Waals surface area contributed by atoms with E-state index in [1.54, 1.807) is 36.8 Å². The van der Waals surface area contributed by atoms with Gasteiger partial charge in [0, 0.05) is 25.0 Å². The Balaban J connectivity index is 2.23. The van der Waals surface area contributed by atoms with Crippen molar-refractivity contribution in [3.8, 4) is 0 Å². The minimum atomic E-state index is -3.14. The van der Waals surface area contributed by atoms with Gasteiger partial charge >= 0.3 is 0 Å². The molecule has 1 aromatic heterocycles. The highest BCUT2D eigenvalue weighted by Gasteiger charge is 2.09. The van der Waals surface area contributed by atoms with Gasteiger partial charge in [0.2, 0.25) is 0 Å². The molecule has 0 amide bonds. The van der Waals surface area contributed by atoms with Gasteiger partial charge in [0.05, 0.1) is 16.9 Å². The van der Waals surface area contributed by atoms with E-state index in [1.165, 1.54) is 6.26 Å². The van der Waals surface area contributed by atoms with Crippen molar-refractivity contribution in [1.82, 2.24) is 9.55 Å². The van der Waals surface area contributed by atoms with E-state index >= 15 is 0 Å². The normalized spacial score (nSPS) is 13.4. The Morgan fingerprint density at radius 2 is 1.95 bits per heavy atom. The Labute approximate surface area is 113 Å². The quantitative estimate of drug-likeness (QED) is 0.916. The van der Waals surface area contributed by atoms with Crippen molar-refractivity contribution < 1.29 is 8.42 Å². The number of nitrogens with two attached hydrogens (primary N) is 1. The molecule has 0 aliphatic carbocycles. The van der Waals surface area contributed by atoms with Crippen molar-refractivity contribution >= 4 is 9.84 Å². The van der Waals surface area contributed by atoms with Crippen LogP contribution in [0.15, 0.2) is 41.7 Å². The summed E-state index contributed by atoms with van der Waals surface area (Å²) in [6.45, 7) is 2.53. The summed E-state index contributed by atoms with van der Waals surface area (Å²) in [5, 5.41) is 0. The maximum atomic E-state index is 11.4. The fraction of sp³-hybridized carbons (Fsp3) is 0.308. The molecule has 19 heavy (non-hydrogen) atoms. The summed E-state index contributed by atoms with van der Waals surface area (Å²) in [6, 6.07) is 6.76. The Hall–Kier alpha value is -1.66. The molecule has 1 heterocycles. The van der Waals surface area contributed by atoms with Crippen LogP contribution in [0.3, 0.4) is 0 Å². The zero-order valence-electron chi connectivity index (χ0n) is 10.9. The van der Waals surface area contributed by atoms with Crippen LogP contribution in [0.5, 0.6) is 0 Å². The molecule has 2 aromatic rings. The van der Waals surface area contributed by atoms with Gasteiger partial charge in [0.25, 0.3) is 0 Å². The van der Waals surface area contributed by atoms with E-state index in [1.807, 2.05) is 11.5 Å². The Morgan fingerprint density at radius 1 is 1.32 bits per heavy atom. The zero-order valence-corrected chi connectivity index (χ0v) is 11.8. The average molecular weight is 279 g/mol. The molecule has 6 heteroatoms. The molecule has 102 valence electrons. The van der Waals surface area contributed by atoms with Crippen molar-refractivity contribution in [1.29, 1.82) is 0 Å². The van der Waals surface area contributed by atoms with Gasteiger partial charge < -0.3 is 10.3 Å². The standard InChI is InChI=1S/C13H17N3O2S/c1-10(14)13-7-15-9-16(13)8-11-3-5-12(6-4-11)19(2,17)18/h3-7,9-10H,8,14H2,1-2H3/t10-/m0/s1. The Morgan fingerprint density at radius 3 is 2.47 bits per heavy atom. The molecule has 0 fully saturated rings. The molecule has 0 aliphatic heterocycles. The van der Waals surface area contributed by atoms with Crippen molar-refractivity contribution in [3.05, 3.63) is 48.0 Å². The fourth-order valence-electron chi connectivity index (χ4n) is 1.88. The van der Waals surface area contributed by atoms with Gasteiger partial charge in [0.1, 0.15) is 0 Å². The van der Waals surface area contributed by atoms with Crippen molar-refractivity contribution in [2.45, 2.75) is 24.4 Å². The topological polar surface area (TPSA) is 78.0 Å². The summed E-state index contributed by atoms with van der Waals surface area (Å²) >= 11 is 0. The predicted octanol–water partition coefficient (Wildman–Crippen LogP) is 1.35. The van der Waals surface area contributed by atoms with E-state index in [0.717, 1.165) is 11.3 Å². The van der Waals surface area contributed by atoms with Crippen LogP contribution in [0.2, 0.25) is 0 Å². The number of hydrogen-bond donors (Lipinski definition) is 1. The van der Waals surface area contributed by atoms with Gasteiger partial charge in [-0.2, -0.15) is 0 Å². The third kappa shape index (κ3) is 3.21. The summed E-state index contributed by atoms with van der Waals surface area (Å²) in [7, 11) is -3.14. The van der Waals surface area contributed by atoms with E-state index in [0.29, 0.717) is 11.4 Å². The van der Waals surface area contributed by atoms with Crippen LogP contribution in [0.1, 0.15) is 24.2 Å². The van der Waals surface area contributed by atoms with Crippen LogP contribution in [0.4, 0.5) is 0 Å². The lowest BCUT2D eigenvalue weighted by Crippen LogP contribution is -2.12. The maximum absolute atomic E-state index is 11.4. The van der Waals surface area contributed by atoms with E-state index < -0.39 is 9.84 Å². The molecule has 5 nitrogen and oxygen atoms in total. The minimum absolute atomic E-state index is 0.0854. The van der Waals surface area contributed by atoms with Crippen LogP contribution in [-0.4, -0.2) is 24.2 Å². The molecule has 1 aromatic carbocycles. The SMILES string of the molecule is C[C@H](N)c1cncn1Cc1ccc(S(C)(=O)=O)cc1. The third-order valence-electron chi connectivity index (χ3n) is 2.92. The van der Waals surface area contributed by atoms with Crippen molar-refractivity contribution in [3.63, 3.8) is 0 Å². The summed E-state index contributed by atoms with van der Waals surface area (Å²) in [5.74, 6) is 0. The lowest BCUT2D eigenvalue weighted by molar-refractivity contribution is 0.602. The van der Waals surface area contributed by atoms with Crippen molar-refractivity contribution in [2.75, 3.05) is 6.26 Å². The lowest BCUT2D eigenvalue weighted by atomic mass is 10.2. The van der Waals surface area contributed by atoms with Gasteiger partial charge in [-0.15, -0.1) is 0 Å². The average Bonchev–Trinajstić information content (AvgIpc) is 2.77. The second-order valence-electron chi connectivity index (χ2n) is 4.65. The molecular formula is C13H17N3O2S. The van der Waals surface area contributed by atoms with Gasteiger partial charge in [0.15, 0.2) is 9.84 Å². The molecule has 0 radical (unpaired) electrons. The third-order valence-corrected chi connectivity index (χ3v) is 4.04. The van der Waals surface area contributed by atoms with Crippen LogP contribution >= 0.6 is 0 Å². The number of rotatable bonds is 4. The van der Waals surface area contributed by atoms with Crippen LogP contribution in [0, 0.1) is 0 Å². The summed E-state index contributed by atoms with van der Waals surface area (Å²) < 4.78 is 24.7. The first kappa shape index (κ1) is 13.8. The van der Waals surface area contributed by atoms with Gasteiger partial charge in [-0.25, -0.2) is 13.4 Å². The summed E-state index contributed by atoms with van der Waals surface area (Å²) in [5.41, 5.74) is 7.81. The molecule has 0 spiro atoms. The largest absolute Gasteiger partial charge is 0.329 e. The number of imidazole rings is 1. The molecule has 2 rings (SSSR count). The maximum Gasteiger partial charge on any atom is 0.175 e. The smallest absolute Gasteiger partial charge is 0.175 e. The molecule has 0 unspecified atom stereocenters. The molecule has 1 atom stereocenters. The number of benzene rings is 1. The number of aromatic nitrogens is 2. The second-order valence-corrected chi connectivity index (χ2v) is 6.67. The van der Waals surface area contributed by atoms with E-state index in [-0.39, 0.29) is 6.04 Å². The van der Waals surface area contributed by atoms with Crippen molar-refractivity contribution in [2.24, 2.45) is 5.73 Å². The predicted molar refractivity (Wildman–Crippen MR) is 73.5 cm³/mol. The number of nitrogens with zero attached hydrogens (tertiary/aromatic N) is 2. The Kier molecular flexibility index (Phi) is 3.73. The van der Waals surface area contributed by atoms with Crippen LogP contribution < -0.4 is 5.73 Å². The molecule has 0 saturated heterocycles. The number of hydrogen-bond acceptors (Lipinski definition) is 4. The van der Waals surface area contributed by atoms with E-state index in [9.17, 15) is 8.42 Å².